The van der Waals surface area contributed by atoms with E-state index < -0.39 is 11.5 Å². The fraction of sp³-hybridized carbons (Fsp3) is 0.429. The molecule has 4 nitrogen and oxygen atoms in total. The number of carboxylic acid groups (broad SMARTS) is 1. The first-order valence-corrected chi connectivity index (χ1v) is 7.02. The normalized spacial score (nSPS) is 12.8. The number of nitrogens with one attached hydrogen (secondary N) is 1. The zero-order valence-electron chi connectivity index (χ0n) is 11.3. The van der Waals surface area contributed by atoms with E-state index in [0.29, 0.717) is 6.42 Å². The molecular weight excluding hydrogens is 262 g/mol. The monoisotopic (exact) mass is 281 g/mol. The van der Waals surface area contributed by atoms with Crippen LogP contribution in [0.5, 0.6) is 0 Å². The van der Waals surface area contributed by atoms with Gasteiger partial charge in [-0.15, -0.1) is 11.8 Å². The highest BCUT2D eigenvalue weighted by molar-refractivity contribution is 8.00. The quantitative estimate of drug-likeness (QED) is 0.786. The zero-order chi connectivity index (χ0) is 14.5. The molecule has 1 aromatic carbocycles. The summed E-state index contributed by atoms with van der Waals surface area (Å²) in [5.74, 6) is -1.29. The molecule has 2 N–H and O–H groups in total. The summed E-state index contributed by atoms with van der Waals surface area (Å²) in [5.41, 5.74) is -1.25. The Morgan fingerprint density at radius 1 is 1.32 bits per heavy atom. The molecule has 1 atom stereocenters. The Morgan fingerprint density at radius 2 is 1.89 bits per heavy atom. The van der Waals surface area contributed by atoms with Gasteiger partial charge in [0.1, 0.15) is 5.54 Å². The van der Waals surface area contributed by atoms with Crippen LogP contribution in [-0.2, 0) is 9.59 Å². The highest BCUT2D eigenvalue weighted by atomic mass is 32.2. The van der Waals surface area contributed by atoms with Crippen molar-refractivity contribution in [1.82, 2.24) is 5.32 Å². The Labute approximate surface area is 117 Å². The molecule has 0 aliphatic rings. The molecule has 5 heteroatoms. The average molecular weight is 281 g/mol. The molecule has 1 amide bonds. The van der Waals surface area contributed by atoms with Crippen molar-refractivity contribution in [2.75, 3.05) is 0 Å². The van der Waals surface area contributed by atoms with Crippen LogP contribution in [0, 0.1) is 0 Å². The van der Waals surface area contributed by atoms with Crippen LogP contribution in [0.1, 0.15) is 27.2 Å². The van der Waals surface area contributed by atoms with Crippen molar-refractivity contribution < 1.29 is 14.7 Å². The highest BCUT2D eigenvalue weighted by Crippen LogP contribution is 2.25. The minimum atomic E-state index is -1.25. The molecule has 1 aromatic rings. The molecule has 1 unspecified atom stereocenters. The molecule has 19 heavy (non-hydrogen) atoms. The molecule has 104 valence electrons. The number of carbonyl (C=O) groups is 2. The first-order chi connectivity index (χ1) is 8.86. The number of hydrogen-bond donors (Lipinski definition) is 2. The third-order valence-corrected chi connectivity index (χ3v) is 4.03. The summed E-state index contributed by atoms with van der Waals surface area (Å²) in [6.45, 7) is 4.87. The van der Waals surface area contributed by atoms with Crippen LogP contribution >= 0.6 is 11.8 Å². The second kappa shape index (κ2) is 6.61. The zero-order valence-corrected chi connectivity index (χ0v) is 12.2. The Morgan fingerprint density at radius 3 is 2.37 bits per heavy atom. The minimum Gasteiger partial charge on any atom is -0.480 e. The van der Waals surface area contributed by atoms with Gasteiger partial charge in [-0.25, -0.2) is 4.79 Å². The van der Waals surface area contributed by atoms with Crippen molar-refractivity contribution in [2.24, 2.45) is 0 Å². The van der Waals surface area contributed by atoms with E-state index in [9.17, 15) is 9.59 Å². The molecule has 1 rings (SSSR count). The number of benzene rings is 1. The van der Waals surface area contributed by atoms with Gasteiger partial charge in [0, 0.05) is 4.90 Å². The van der Waals surface area contributed by atoms with E-state index in [4.69, 9.17) is 5.11 Å². The van der Waals surface area contributed by atoms with Gasteiger partial charge in [-0.3, -0.25) is 4.79 Å². The average Bonchev–Trinajstić information content (AvgIpc) is 2.36. The SMILES string of the molecule is CCC(Sc1ccccc1)C(=O)NC(C)(C)C(=O)O. The predicted octanol–water partition coefficient (Wildman–Crippen LogP) is 2.54. The number of hydrogen-bond acceptors (Lipinski definition) is 3. The smallest absolute Gasteiger partial charge is 0.328 e. The first-order valence-electron chi connectivity index (χ1n) is 6.14. The lowest BCUT2D eigenvalue weighted by atomic mass is 10.1. The Hall–Kier alpha value is -1.49. The van der Waals surface area contributed by atoms with Crippen molar-refractivity contribution in [1.29, 1.82) is 0 Å². The minimum absolute atomic E-state index is 0.247. The van der Waals surface area contributed by atoms with Crippen molar-refractivity contribution in [3.8, 4) is 0 Å². The molecule has 0 fully saturated rings. The topological polar surface area (TPSA) is 66.4 Å². The van der Waals surface area contributed by atoms with Gasteiger partial charge in [0.25, 0.3) is 0 Å². The fourth-order valence-electron chi connectivity index (χ4n) is 1.43. The summed E-state index contributed by atoms with van der Waals surface area (Å²) >= 11 is 1.44. The summed E-state index contributed by atoms with van der Waals surface area (Å²) in [7, 11) is 0. The van der Waals surface area contributed by atoms with Crippen LogP contribution in [0.25, 0.3) is 0 Å². The van der Waals surface area contributed by atoms with Crippen molar-refractivity contribution in [2.45, 2.75) is 42.9 Å². The number of thioether (sulfide) groups is 1. The van der Waals surface area contributed by atoms with Gasteiger partial charge in [-0.05, 0) is 32.4 Å². The van der Waals surface area contributed by atoms with Gasteiger partial charge in [-0.2, -0.15) is 0 Å². The third-order valence-electron chi connectivity index (χ3n) is 2.66. The van der Waals surface area contributed by atoms with E-state index in [2.05, 4.69) is 5.32 Å². The fourth-order valence-corrected chi connectivity index (χ4v) is 2.40. The van der Waals surface area contributed by atoms with E-state index in [1.165, 1.54) is 25.6 Å². The van der Waals surface area contributed by atoms with Gasteiger partial charge in [-0.1, -0.05) is 25.1 Å². The van der Waals surface area contributed by atoms with Crippen LogP contribution in [0.15, 0.2) is 35.2 Å². The van der Waals surface area contributed by atoms with E-state index in [-0.39, 0.29) is 11.2 Å². The van der Waals surface area contributed by atoms with E-state index in [0.717, 1.165) is 4.90 Å². The van der Waals surface area contributed by atoms with E-state index in [1.807, 2.05) is 37.3 Å². The van der Waals surface area contributed by atoms with Crippen molar-refractivity contribution in [3.63, 3.8) is 0 Å². The van der Waals surface area contributed by atoms with Gasteiger partial charge >= 0.3 is 5.97 Å². The van der Waals surface area contributed by atoms with Crippen LogP contribution in [-0.4, -0.2) is 27.8 Å². The van der Waals surface area contributed by atoms with Crippen LogP contribution in [0.3, 0.4) is 0 Å². The molecule has 0 aliphatic carbocycles. The van der Waals surface area contributed by atoms with Gasteiger partial charge in [0.2, 0.25) is 5.91 Å². The number of amides is 1. The Balaban J connectivity index is 2.70. The molecule has 0 saturated carbocycles. The van der Waals surface area contributed by atoms with Gasteiger partial charge < -0.3 is 10.4 Å². The second-order valence-corrected chi connectivity index (χ2v) is 6.02. The lowest BCUT2D eigenvalue weighted by molar-refractivity contribution is -0.145. The van der Waals surface area contributed by atoms with E-state index in [1.54, 1.807) is 0 Å². The summed E-state index contributed by atoms with van der Waals surface area (Å²) in [5, 5.41) is 11.3. The number of carboxylic acids is 1. The van der Waals surface area contributed by atoms with Crippen molar-refractivity contribution >= 4 is 23.6 Å². The maximum absolute atomic E-state index is 12.1. The highest BCUT2D eigenvalue weighted by Gasteiger charge is 2.31. The van der Waals surface area contributed by atoms with Crippen LogP contribution in [0.4, 0.5) is 0 Å². The molecule has 0 spiro atoms. The summed E-state index contributed by atoms with van der Waals surface area (Å²) in [6.07, 6.45) is 0.640. The molecule has 0 saturated heterocycles. The van der Waals surface area contributed by atoms with Gasteiger partial charge in [0.15, 0.2) is 0 Å². The molecule has 0 heterocycles. The number of rotatable bonds is 6. The third kappa shape index (κ3) is 4.59. The summed E-state index contributed by atoms with van der Waals surface area (Å²) in [6, 6.07) is 9.60. The largest absolute Gasteiger partial charge is 0.480 e. The first kappa shape index (κ1) is 15.6. The van der Waals surface area contributed by atoms with Gasteiger partial charge in [0.05, 0.1) is 5.25 Å². The standard InChI is InChI=1S/C14H19NO3S/c1-4-11(19-10-8-6-5-7-9-10)12(16)15-14(2,3)13(17)18/h5-9,11H,4H2,1-3H3,(H,15,16)(H,17,18). The number of aliphatic carboxylic acids is 1. The van der Waals surface area contributed by atoms with Crippen LogP contribution < -0.4 is 5.32 Å². The number of carbonyl (C=O) groups excluding carboxylic acids is 1. The lowest BCUT2D eigenvalue weighted by Gasteiger charge is -2.24. The summed E-state index contributed by atoms with van der Waals surface area (Å²) in [4.78, 5) is 24.1. The Bertz CT molecular complexity index is 445. The molecular formula is C14H19NO3S. The molecule has 0 bridgehead atoms. The second-order valence-electron chi connectivity index (χ2n) is 4.75. The predicted molar refractivity (Wildman–Crippen MR) is 76.2 cm³/mol. The van der Waals surface area contributed by atoms with Crippen molar-refractivity contribution in [3.05, 3.63) is 30.3 Å². The maximum atomic E-state index is 12.1. The Kier molecular flexibility index (Phi) is 5.42. The summed E-state index contributed by atoms with van der Waals surface area (Å²) < 4.78 is 0. The molecule has 0 radical (unpaired) electrons. The van der Waals surface area contributed by atoms with Crippen LogP contribution in [0.2, 0.25) is 0 Å². The molecule has 0 aliphatic heterocycles. The maximum Gasteiger partial charge on any atom is 0.328 e. The molecule has 0 aromatic heterocycles. The lowest BCUT2D eigenvalue weighted by Crippen LogP contribution is -2.52. The van der Waals surface area contributed by atoms with E-state index >= 15 is 0 Å².